The average molecular weight is 301 g/mol. The molecule has 0 radical (unpaired) electrons. The number of rotatable bonds is 6. The molecule has 2 rings (SSSR count). The fourth-order valence-electron chi connectivity index (χ4n) is 2.18. The van der Waals surface area contributed by atoms with Crippen LogP contribution in [0.25, 0.3) is 0 Å². The van der Waals surface area contributed by atoms with Gasteiger partial charge in [0.15, 0.2) is 5.78 Å². The lowest BCUT2D eigenvalue weighted by Crippen LogP contribution is -2.42. The van der Waals surface area contributed by atoms with Crippen molar-refractivity contribution in [1.29, 1.82) is 0 Å². The summed E-state index contributed by atoms with van der Waals surface area (Å²) in [5, 5.41) is 7.88. The van der Waals surface area contributed by atoms with Gasteiger partial charge in [0.05, 0.1) is 31.0 Å². The largest absolute Gasteiger partial charge is 0.378 e. The quantitative estimate of drug-likeness (QED) is 0.782. The fourth-order valence-corrected chi connectivity index (χ4v) is 2.42. The summed E-state index contributed by atoms with van der Waals surface area (Å²) < 4.78 is 7.05. The van der Waals surface area contributed by atoms with E-state index in [1.54, 1.807) is 4.68 Å². The lowest BCUT2D eigenvalue weighted by molar-refractivity contribution is 0.0671. The first-order valence-electron chi connectivity index (χ1n) is 6.78. The Morgan fingerprint density at radius 3 is 3.10 bits per heavy atom. The van der Waals surface area contributed by atoms with Gasteiger partial charge in [-0.05, 0) is 14.1 Å². The van der Waals surface area contributed by atoms with E-state index >= 15 is 0 Å². The molecule has 1 N–H and O–H groups in total. The molecule has 1 aliphatic rings. The minimum atomic E-state index is 0.00857. The van der Waals surface area contributed by atoms with Crippen molar-refractivity contribution in [2.45, 2.75) is 19.0 Å². The number of carbonyl (C=O) groups excluding carboxylic acids is 1. The summed E-state index contributed by atoms with van der Waals surface area (Å²) in [5.74, 6) is 0.00857. The Balaban J connectivity index is 2.02. The van der Waals surface area contributed by atoms with E-state index in [0.29, 0.717) is 36.9 Å². The Hall–Kier alpha value is -0.950. The lowest BCUT2D eigenvalue weighted by atomic mass is 10.1. The highest BCUT2D eigenvalue weighted by Crippen LogP contribution is 2.18. The number of nitrogens with one attached hydrogen (secondary N) is 1. The van der Waals surface area contributed by atoms with E-state index in [4.69, 9.17) is 16.3 Å². The summed E-state index contributed by atoms with van der Waals surface area (Å²) in [6.07, 6.45) is 1.92. The maximum atomic E-state index is 12.4. The molecular formula is C13H21ClN4O2. The molecule has 0 spiro atoms. The molecule has 0 bridgehead atoms. The maximum absolute atomic E-state index is 12.4. The third kappa shape index (κ3) is 4.02. The molecule has 1 atom stereocenters. The van der Waals surface area contributed by atoms with Crippen molar-refractivity contribution >= 4 is 17.4 Å². The topological polar surface area (TPSA) is 59.4 Å². The first-order chi connectivity index (χ1) is 9.58. The maximum Gasteiger partial charge on any atom is 0.184 e. The van der Waals surface area contributed by atoms with Gasteiger partial charge in [-0.2, -0.15) is 5.10 Å². The van der Waals surface area contributed by atoms with Crippen LogP contribution >= 0.6 is 11.6 Å². The molecule has 7 heteroatoms. The molecule has 1 aromatic heterocycles. The van der Waals surface area contributed by atoms with Gasteiger partial charge in [-0.1, -0.05) is 11.6 Å². The molecule has 112 valence electrons. The van der Waals surface area contributed by atoms with Crippen molar-refractivity contribution in [2.75, 3.05) is 40.4 Å². The second-order valence-electron chi connectivity index (χ2n) is 5.22. The highest BCUT2D eigenvalue weighted by molar-refractivity contribution is 6.33. The van der Waals surface area contributed by atoms with E-state index in [1.165, 1.54) is 6.20 Å². The van der Waals surface area contributed by atoms with Crippen LogP contribution in [0.1, 0.15) is 16.9 Å². The number of halogens is 1. The number of Topliss-reactive ketones (excluding diaryl/α,β-unsaturated/α-hetero) is 1. The summed E-state index contributed by atoms with van der Waals surface area (Å²) in [4.78, 5) is 14.4. The molecule has 1 fully saturated rings. The number of ether oxygens (including phenoxy) is 1. The third-order valence-electron chi connectivity index (χ3n) is 3.25. The Morgan fingerprint density at radius 1 is 1.65 bits per heavy atom. The Morgan fingerprint density at radius 2 is 2.45 bits per heavy atom. The number of ketones is 1. The number of likely N-dealkylation sites (N-methyl/N-ethyl adjacent to an activating group) is 1. The molecule has 0 amide bonds. The number of hydrogen-bond acceptors (Lipinski definition) is 5. The van der Waals surface area contributed by atoms with Crippen LogP contribution in [-0.4, -0.2) is 66.9 Å². The van der Waals surface area contributed by atoms with Crippen LogP contribution in [0.4, 0.5) is 0 Å². The van der Waals surface area contributed by atoms with Crippen LogP contribution in [0, 0.1) is 0 Å². The van der Waals surface area contributed by atoms with Crippen molar-refractivity contribution in [3.63, 3.8) is 0 Å². The summed E-state index contributed by atoms with van der Waals surface area (Å²) in [6.45, 7) is 3.51. The number of morpholine rings is 1. The zero-order chi connectivity index (χ0) is 14.5. The molecule has 1 unspecified atom stereocenters. The second-order valence-corrected chi connectivity index (χ2v) is 5.63. The Kier molecular flexibility index (Phi) is 5.54. The van der Waals surface area contributed by atoms with Gasteiger partial charge in [-0.25, -0.2) is 0 Å². The molecule has 0 saturated carbocycles. The molecule has 0 aliphatic carbocycles. The van der Waals surface area contributed by atoms with Crippen molar-refractivity contribution in [2.24, 2.45) is 0 Å². The van der Waals surface area contributed by atoms with Crippen LogP contribution in [0.15, 0.2) is 6.20 Å². The molecule has 1 aromatic rings. The first kappa shape index (κ1) is 15.4. The van der Waals surface area contributed by atoms with E-state index in [2.05, 4.69) is 10.4 Å². The van der Waals surface area contributed by atoms with E-state index in [1.807, 2.05) is 19.0 Å². The van der Waals surface area contributed by atoms with Crippen LogP contribution < -0.4 is 5.32 Å². The van der Waals surface area contributed by atoms with Gasteiger partial charge in [-0.15, -0.1) is 0 Å². The second kappa shape index (κ2) is 7.17. The van der Waals surface area contributed by atoms with Crippen LogP contribution in [0.2, 0.25) is 5.02 Å². The van der Waals surface area contributed by atoms with E-state index in [9.17, 15) is 4.79 Å². The van der Waals surface area contributed by atoms with Crippen molar-refractivity contribution in [1.82, 2.24) is 20.0 Å². The molecule has 1 saturated heterocycles. The first-order valence-corrected chi connectivity index (χ1v) is 7.16. The molecule has 20 heavy (non-hydrogen) atoms. The van der Waals surface area contributed by atoms with E-state index in [0.717, 1.165) is 13.1 Å². The van der Waals surface area contributed by atoms with Crippen molar-refractivity contribution < 1.29 is 9.53 Å². The fraction of sp³-hybridized carbons (Fsp3) is 0.692. The normalized spacial score (nSPS) is 19.5. The summed E-state index contributed by atoms with van der Waals surface area (Å²) in [6, 6.07) is 0.0597. The Labute approximate surface area is 124 Å². The van der Waals surface area contributed by atoms with Gasteiger partial charge in [0, 0.05) is 25.6 Å². The molecule has 6 nitrogen and oxygen atoms in total. The number of hydrogen-bond donors (Lipinski definition) is 1. The molecule has 2 heterocycles. The highest BCUT2D eigenvalue weighted by Gasteiger charge is 2.22. The van der Waals surface area contributed by atoms with Gasteiger partial charge >= 0.3 is 0 Å². The van der Waals surface area contributed by atoms with Crippen molar-refractivity contribution in [3.05, 3.63) is 16.9 Å². The lowest BCUT2D eigenvalue weighted by Gasteiger charge is -2.23. The van der Waals surface area contributed by atoms with Gasteiger partial charge in [0.1, 0.15) is 5.69 Å². The van der Waals surface area contributed by atoms with Gasteiger partial charge in [-0.3, -0.25) is 9.48 Å². The van der Waals surface area contributed by atoms with Crippen LogP contribution in [0.3, 0.4) is 0 Å². The summed E-state index contributed by atoms with van der Waals surface area (Å²) in [7, 11) is 3.96. The predicted molar refractivity (Wildman–Crippen MR) is 77.3 cm³/mol. The zero-order valence-corrected chi connectivity index (χ0v) is 12.7. The molecule has 0 aromatic carbocycles. The standard InChI is InChI=1S/C13H21ClN4O2/c1-17(2)4-5-18-13(11(14)8-16-18)12(19)7-10-9-20-6-3-15-10/h8,10,15H,3-7,9H2,1-2H3. The third-order valence-corrected chi connectivity index (χ3v) is 3.52. The summed E-state index contributed by atoms with van der Waals surface area (Å²) in [5.41, 5.74) is 0.501. The van der Waals surface area contributed by atoms with Gasteiger partial charge in [0.25, 0.3) is 0 Å². The number of carbonyl (C=O) groups is 1. The highest BCUT2D eigenvalue weighted by atomic mass is 35.5. The SMILES string of the molecule is CN(C)CCn1ncc(Cl)c1C(=O)CC1COCCN1. The minimum Gasteiger partial charge on any atom is -0.378 e. The van der Waals surface area contributed by atoms with E-state index < -0.39 is 0 Å². The van der Waals surface area contributed by atoms with E-state index in [-0.39, 0.29) is 11.8 Å². The Bertz CT molecular complexity index is 455. The zero-order valence-electron chi connectivity index (χ0n) is 11.9. The minimum absolute atomic E-state index is 0.00857. The molecule has 1 aliphatic heterocycles. The average Bonchev–Trinajstić information content (AvgIpc) is 2.78. The predicted octanol–water partition coefficient (Wildman–Crippen LogP) is 0.659. The monoisotopic (exact) mass is 300 g/mol. The van der Waals surface area contributed by atoms with Crippen molar-refractivity contribution in [3.8, 4) is 0 Å². The number of nitrogens with zero attached hydrogens (tertiary/aromatic N) is 3. The smallest absolute Gasteiger partial charge is 0.184 e. The van der Waals surface area contributed by atoms with Crippen LogP contribution in [0.5, 0.6) is 0 Å². The van der Waals surface area contributed by atoms with Gasteiger partial charge < -0.3 is 15.0 Å². The van der Waals surface area contributed by atoms with Gasteiger partial charge in [0.2, 0.25) is 0 Å². The molecular weight excluding hydrogens is 280 g/mol. The number of aromatic nitrogens is 2. The van der Waals surface area contributed by atoms with Crippen LogP contribution in [-0.2, 0) is 11.3 Å². The summed E-state index contributed by atoms with van der Waals surface area (Å²) >= 11 is 6.10.